The molecule has 0 aromatic rings. The zero-order valence-electron chi connectivity index (χ0n) is 32.3. The van der Waals surface area contributed by atoms with Gasteiger partial charge in [0.1, 0.15) is 5.41 Å². The molecule has 7 heteroatoms. The van der Waals surface area contributed by atoms with Crippen LogP contribution in [0.25, 0.3) is 0 Å². The first-order valence-corrected chi connectivity index (χ1v) is 19.9. The Labute approximate surface area is 297 Å². The summed E-state index contributed by atoms with van der Waals surface area (Å²) in [5.41, 5.74) is 4.69. The monoisotopic (exact) mass is 683 g/mol. The van der Waals surface area contributed by atoms with E-state index in [4.69, 9.17) is 5.73 Å². The van der Waals surface area contributed by atoms with Crippen molar-refractivity contribution in [1.29, 1.82) is 0 Å². The number of nitrogens with zero attached hydrogens (tertiary/aromatic N) is 1. The summed E-state index contributed by atoms with van der Waals surface area (Å²) in [7, 11) is 0. The molecular weight excluding hydrogens is 612 g/mol. The molecule has 0 spiro atoms. The molecule has 0 aliphatic heterocycles. The van der Waals surface area contributed by atoms with E-state index in [1.54, 1.807) is 0 Å². The lowest BCUT2D eigenvalue weighted by molar-refractivity contribution is -0.247. The number of aliphatic hydroxyl groups is 1. The van der Waals surface area contributed by atoms with Crippen LogP contribution in [0.3, 0.4) is 0 Å². The number of aliphatic carboxylic acids is 1. The van der Waals surface area contributed by atoms with Gasteiger partial charge < -0.3 is 15.9 Å². The number of hydrogen-bond donors (Lipinski definition) is 3. The van der Waals surface area contributed by atoms with Crippen molar-refractivity contribution in [2.75, 3.05) is 13.1 Å². The lowest BCUT2D eigenvalue weighted by Crippen LogP contribution is -2.67. The smallest absolute Gasteiger partial charge is 0.318 e. The SMILES string of the molecule is C=C(C)[C@@H]1CC[C@]2(C(=O)N(CCCCCCCN)C(=O)C(C)(C)C(=O)O)CC[C@]3(C)[C@H](CCC4[C@@]5(C)CC[C@H](O)C(C)(C)[C@@H]5CC[C@]43C)[C@@H]12. The Morgan fingerprint density at radius 3 is 2.10 bits per heavy atom. The van der Waals surface area contributed by atoms with E-state index in [1.807, 2.05) is 0 Å². The van der Waals surface area contributed by atoms with Crippen molar-refractivity contribution in [1.82, 2.24) is 4.90 Å². The van der Waals surface area contributed by atoms with E-state index in [9.17, 15) is 19.8 Å². The van der Waals surface area contributed by atoms with E-state index in [2.05, 4.69) is 48.1 Å². The molecule has 278 valence electrons. The highest BCUT2D eigenvalue weighted by atomic mass is 16.4. The van der Waals surface area contributed by atoms with Gasteiger partial charge in [0, 0.05) is 6.54 Å². The first-order valence-electron chi connectivity index (χ1n) is 19.9. The van der Waals surface area contributed by atoms with Crippen LogP contribution < -0.4 is 5.73 Å². The van der Waals surface area contributed by atoms with Crippen molar-refractivity contribution in [3.63, 3.8) is 0 Å². The maximum atomic E-state index is 15.3. The van der Waals surface area contributed by atoms with Crippen molar-refractivity contribution >= 4 is 17.8 Å². The number of carbonyl (C=O) groups excluding carboxylic acids is 2. The highest BCUT2D eigenvalue weighted by molar-refractivity contribution is 6.08. The molecule has 10 atom stereocenters. The zero-order chi connectivity index (χ0) is 36.4. The third-order valence-electron chi connectivity index (χ3n) is 16.6. The van der Waals surface area contributed by atoms with E-state index < -0.39 is 22.7 Å². The van der Waals surface area contributed by atoms with Crippen LogP contribution in [0.15, 0.2) is 12.2 Å². The summed E-state index contributed by atoms with van der Waals surface area (Å²) in [6, 6.07) is 0. The fraction of sp³-hybridized carbons (Fsp3) is 0.881. The number of fused-ring (bicyclic) bond motifs is 7. The standard InChI is InChI=1S/C42H70N2O5/c1-27(2)28-17-22-42(35(47)44(26-14-12-10-11-13-25-43)34(46)38(5,6)36(48)49)24-23-40(8)29(33(28)42)15-16-31-39(7)20-19-32(45)37(3,4)30(39)18-21-41(31,40)9/h28-33,45H,1,10-26,43H2,2-9H3,(H,48,49)/t28-,29+,30-,31?,32-,33+,39-,40+,41+,42-/m0/s1. The van der Waals surface area contributed by atoms with Gasteiger partial charge in [0.2, 0.25) is 11.8 Å². The third-order valence-corrected chi connectivity index (χ3v) is 16.6. The molecule has 0 saturated heterocycles. The maximum absolute atomic E-state index is 15.3. The number of aliphatic hydroxyl groups excluding tert-OH is 1. The number of rotatable bonds is 11. The molecule has 1 unspecified atom stereocenters. The molecule has 2 amide bonds. The van der Waals surface area contributed by atoms with Crippen molar-refractivity contribution < 1.29 is 24.6 Å². The van der Waals surface area contributed by atoms with Gasteiger partial charge >= 0.3 is 5.97 Å². The molecule has 5 aliphatic rings. The molecule has 0 radical (unpaired) electrons. The fourth-order valence-electron chi connectivity index (χ4n) is 13.4. The van der Waals surface area contributed by atoms with Gasteiger partial charge in [-0.05, 0) is 156 Å². The molecule has 5 aliphatic carbocycles. The van der Waals surface area contributed by atoms with Crippen molar-refractivity contribution in [3.8, 4) is 0 Å². The second-order valence-corrected chi connectivity index (χ2v) is 19.5. The molecule has 49 heavy (non-hydrogen) atoms. The Morgan fingerprint density at radius 2 is 1.47 bits per heavy atom. The number of amides is 2. The summed E-state index contributed by atoms with van der Waals surface area (Å²) in [6.07, 6.45) is 14.0. The number of unbranched alkanes of at least 4 members (excludes halogenated alkanes) is 4. The number of carboxylic acid groups (broad SMARTS) is 1. The van der Waals surface area contributed by atoms with Crippen molar-refractivity contribution in [3.05, 3.63) is 12.2 Å². The Balaban J connectivity index is 1.51. The normalized spacial score (nSPS) is 41.1. The van der Waals surface area contributed by atoms with Crippen LogP contribution in [0.2, 0.25) is 0 Å². The first kappa shape index (κ1) is 38.5. The lowest BCUT2D eigenvalue weighted by Gasteiger charge is -2.72. The summed E-state index contributed by atoms with van der Waals surface area (Å²) >= 11 is 0. The summed E-state index contributed by atoms with van der Waals surface area (Å²) in [5.74, 6) is -0.183. The molecule has 5 rings (SSSR count). The molecule has 5 fully saturated rings. The minimum atomic E-state index is -1.68. The Kier molecular flexibility index (Phi) is 10.5. The Hall–Kier alpha value is -1.73. The minimum absolute atomic E-state index is 0.0365. The van der Waals surface area contributed by atoms with E-state index in [0.717, 1.165) is 95.5 Å². The molecule has 4 N–H and O–H groups in total. The highest BCUT2D eigenvalue weighted by Gasteiger charge is 2.72. The van der Waals surface area contributed by atoms with Crippen LogP contribution in [-0.4, -0.2) is 52.1 Å². The number of carbonyl (C=O) groups is 3. The number of imide groups is 1. The molecule has 0 bridgehead atoms. The number of allylic oxidation sites excluding steroid dienone is 1. The molecule has 0 heterocycles. The van der Waals surface area contributed by atoms with Crippen molar-refractivity contribution in [2.45, 2.75) is 158 Å². The molecule has 5 saturated carbocycles. The summed E-state index contributed by atoms with van der Waals surface area (Å²) in [4.78, 5) is 43.2. The molecule has 0 aromatic heterocycles. The van der Waals surface area contributed by atoms with Crippen molar-refractivity contribution in [2.24, 2.45) is 67.8 Å². The van der Waals surface area contributed by atoms with E-state index in [1.165, 1.54) is 18.7 Å². The van der Waals surface area contributed by atoms with Crippen LogP contribution >= 0.6 is 0 Å². The van der Waals surface area contributed by atoms with Gasteiger partial charge in [-0.1, -0.05) is 66.0 Å². The molecule has 7 nitrogen and oxygen atoms in total. The van der Waals surface area contributed by atoms with Gasteiger partial charge in [-0.3, -0.25) is 19.3 Å². The summed E-state index contributed by atoms with van der Waals surface area (Å²) in [6.45, 7) is 22.7. The van der Waals surface area contributed by atoms with Gasteiger partial charge in [-0.2, -0.15) is 0 Å². The van der Waals surface area contributed by atoms with Gasteiger partial charge in [-0.15, -0.1) is 0 Å². The Morgan fingerprint density at radius 1 is 0.816 bits per heavy atom. The predicted octanol–water partition coefficient (Wildman–Crippen LogP) is 8.38. The van der Waals surface area contributed by atoms with Crippen LogP contribution in [0.1, 0.15) is 152 Å². The quantitative estimate of drug-likeness (QED) is 0.114. The van der Waals surface area contributed by atoms with Gasteiger partial charge in [0.05, 0.1) is 11.5 Å². The summed E-state index contributed by atoms with van der Waals surface area (Å²) in [5, 5.41) is 21.2. The van der Waals surface area contributed by atoms with Crippen LogP contribution in [0, 0.1) is 62.1 Å². The maximum Gasteiger partial charge on any atom is 0.318 e. The van der Waals surface area contributed by atoms with E-state index in [-0.39, 0.29) is 52.1 Å². The van der Waals surface area contributed by atoms with Crippen LogP contribution in [0.5, 0.6) is 0 Å². The highest BCUT2D eigenvalue weighted by Crippen LogP contribution is 2.77. The third kappa shape index (κ3) is 5.78. The van der Waals surface area contributed by atoms with Gasteiger partial charge in [0.15, 0.2) is 0 Å². The largest absolute Gasteiger partial charge is 0.480 e. The topological polar surface area (TPSA) is 121 Å². The van der Waals surface area contributed by atoms with Crippen LogP contribution in [-0.2, 0) is 14.4 Å². The lowest BCUT2D eigenvalue weighted by atomic mass is 9.32. The number of carboxylic acids is 1. The zero-order valence-corrected chi connectivity index (χ0v) is 32.3. The molecular formula is C42H70N2O5. The van der Waals surface area contributed by atoms with E-state index in [0.29, 0.717) is 30.7 Å². The Bertz CT molecular complexity index is 1310. The second kappa shape index (κ2) is 13.4. The summed E-state index contributed by atoms with van der Waals surface area (Å²) < 4.78 is 0. The van der Waals surface area contributed by atoms with Crippen LogP contribution in [0.4, 0.5) is 0 Å². The number of nitrogens with two attached hydrogens (primary N) is 1. The van der Waals surface area contributed by atoms with Gasteiger partial charge in [0.25, 0.3) is 0 Å². The average molecular weight is 683 g/mol. The first-order chi connectivity index (χ1) is 22.8. The fourth-order valence-corrected chi connectivity index (χ4v) is 13.4. The van der Waals surface area contributed by atoms with E-state index >= 15 is 4.79 Å². The minimum Gasteiger partial charge on any atom is -0.480 e. The predicted molar refractivity (Wildman–Crippen MR) is 195 cm³/mol. The average Bonchev–Trinajstić information content (AvgIpc) is 3.44. The number of hydrogen-bond acceptors (Lipinski definition) is 5. The van der Waals surface area contributed by atoms with Gasteiger partial charge in [-0.25, -0.2) is 0 Å². The molecule has 0 aromatic carbocycles. The second-order valence-electron chi connectivity index (χ2n) is 19.5.